The maximum absolute atomic E-state index is 13.3. The number of carbonyl (C=O) groups excluding carboxylic acids is 1. The molecule has 1 aromatic heterocycles. The fraction of sp³-hybridized carbons (Fsp3) is 0.190. The van der Waals surface area contributed by atoms with Gasteiger partial charge in [-0.25, -0.2) is 9.37 Å². The number of fused-ring (bicyclic) bond motifs is 1. The highest BCUT2D eigenvalue weighted by Gasteiger charge is 2.34. The van der Waals surface area contributed by atoms with Crippen molar-refractivity contribution in [3.63, 3.8) is 0 Å². The Morgan fingerprint density at radius 1 is 1.06 bits per heavy atom. The van der Waals surface area contributed by atoms with Crippen molar-refractivity contribution in [1.29, 1.82) is 0 Å². The van der Waals surface area contributed by atoms with Crippen LogP contribution >= 0.6 is 0 Å². The van der Waals surface area contributed by atoms with E-state index in [4.69, 9.17) is 9.47 Å². The number of rotatable bonds is 5. The molecular weight excluding hydrogens is 450 g/mol. The Balaban J connectivity index is 1.54. The zero-order valence-corrected chi connectivity index (χ0v) is 16.6. The van der Waals surface area contributed by atoms with E-state index in [-0.39, 0.29) is 19.0 Å². The molecule has 0 radical (unpaired) electrons. The van der Waals surface area contributed by atoms with Gasteiger partial charge in [-0.2, -0.15) is 18.2 Å². The second-order valence-corrected chi connectivity index (χ2v) is 7.01. The summed E-state index contributed by atoms with van der Waals surface area (Å²) in [6.07, 6.45) is -4.80. The number of aromatic hydroxyl groups is 2. The van der Waals surface area contributed by atoms with E-state index in [1.54, 1.807) is 18.2 Å². The summed E-state index contributed by atoms with van der Waals surface area (Å²) in [5.74, 6) is -2.94. The van der Waals surface area contributed by atoms with E-state index < -0.39 is 52.9 Å². The summed E-state index contributed by atoms with van der Waals surface area (Å²) in [5, 5.41) is 22.1. The Labute approximate surface area is 183 Å². The topological polar surface area (TPSA) is 114 Å². The molecule has 0 spiro atoms. The number of nitrogens with zero attached hydrogens (tertiary/aromatic N) is 2. The second-order valence-electron chi connectivity index (χ2n) is 7.01. The first kappa shape index (κ1) is 22.1. The van der Waals surface area contributed by atoms with Crippen LogP contribution in [0.1, 0.15) is 33.0 Å². The summed E-state index contributed by atoms with van der Waals surface area (Å²) in [4.78, 5) is 20.2. The molecule has 2 heterocycles. The van der Waals surface area contributed by atoms with E-state index in [9.17, 15) is 32.6 Å². The maximum atomic E-state index is 13.3. The smallest absolute Gasteiger partial charge is 0.416 e. The van der Waals surface area contributed by atoms with Gasteiger partial charge in [0.05, 0.1) is 5.56 Å². The summed E-state index contributed by atoms with van der Waals surface area (Å²) in [7, 11) is 0. The molecule has 4 rings (SSSR count). The zero-order valence-electron chi connectivity index (χ0n) is 16.6. The van der Waals surface area contributed by atoms with Crippen molar-refractivity contribution in [3.05, 3.63) is 70.4 Å². The molecule has 0 saturated heterocycles. The third kappa shape index (κ3) is 4.73. The van der Waals surface area contributed by atoms with Crippen LogP contribution < -0.4 is 14.8 Å². The van der Waals surface area contributed by atoms with Crippen molar-refractivity contribution in [1.82, 2.24) is 15.3 Å². The molecule has 1 amide bonds. The summed E-state index contributed by atoms with van der Waals surface area (Å²) in [5.41, 5.74) is -1.62. The molecule has 0 unspecified atom stereocenters. The normalized spacial score (nSPS) is 12.6. The van der Waals surface area contributed by atoms with Gasteiger partial charge >= 0.3 is 6.18 Å². The molecule has 2 aromatic carbocycles. The minimum absolute atomic E-state index is 0.0351. The highest BCUT2D eigenvalue weighted by atomic mass is 19.4. The molecule has 12 heteroatoms. The highest BCUT2D eigenvalue weighted by Crippen LogP contribution is 2.34. The lowest BCUT2D eigenvalue weighted by atomic mass is 10.1. The van der Waals surface area contributed by atoms with Crippen LogP contribution in [0.5, 0.6) is 23.1 Å². The molecule has 1 aliphatic rings. The lowest BCUT2D eigenvalue weighted by Gasteiger charge is -2.14. The maximum Gasteiger partial charge on any atom is 0.416 e. The van der Waals surface area contributed by atoms with E-state index >= 15 is 0 Å². The summed E-state index contributed by atoms with van der Waals surface area (Å²) in [6.45, 7) is -0.556. The quantitative estimate of drug-likeness (QED) is 0.496. The lowest BCUT2D eigenvalue weighted by molar-refractivity contribution is -0.138. The van der Waals surface area contributed by atoms with Gasteiger partial charge in [0.25, 0.3) is 11.8 Å². The molecule has 3 N–H and O–H groups in total. The van der Waals surface area contributed by atoms with Gasteiger partial charge in [0.15, 0.2) is 17.2 Å². The molecule has 0 atom stereocenters. The fourth-order valence-corrected chi connectivity index (χ4v) is 3.18. The summed E-state index contributed by atoms with van der Waals surface area (Å²) in [6, 6.07) is 7.04. The number of carbonyl (C=O) groups is 1. The predicted molar refractivity (Wildman–Crippen MR) is 103 cm³/mol. The van der Waals surface area contributed by atoms with Crippen molar-refractivity contribution < 1.29 is 42.0 Å². The fourth-order valence-electron chi connectivity index (χ4n) is 3.18. The largest absolute Gasteiger partial charge is 0.501 e. The number of halogens is 4. The zero-order chi connectivity index (χ0) is 23.8. The number of nitrogens with one attached hydrogen (secondary N) is 1. The van der Waals surface area contributed by atoms with Gasteiger partial charge in [-0.05, 0) is 35.4 Å². The number of hydrogen-bond acceptors (Lipinski definition) is 7. The standard InChI is InChI=1S/C21H15F4N3O5/c22-12-3-2-11(13(7-12)21(23,24)25)8-26-19(30)17-18(29)20(31)28-16(27-17)6-10-1-4-14-15(5-10)33-9-32-14/h1-5,7,29H,6,8-9H2,(H,26,30)(H,27,28,31). The molecule has 3 aromatic rings. The van der Waals surface area contributed by atoms with Gasteiger partial charge in [-0.1, -0.05) is 12.1 Å². The number of aromatic nitrogens is 2. The van der Waals surface area contributed by atoms with E-state index in [1.165, 1.54) is 0 Å². The highest BCUT2D eigenvalue weighted by molar-refractivity contribution is 5.95. The number of ether oxygens (including phenoxy) is 2. The number of benzene rings is 2. The van der Waals surface area contributed by atoms with Gasteiger partial charge < -0.3 is 25.0 Å². The second kappa shape index (κ2) is 8.45. The van der Waals surface area contributed by atoms with Gasteiger partial charge in [0, 0.05) is 13.0 Å². The van der Waals surface area contributed by atoms with E-state index in [1.807, 2.05) is 0 Å². The molecule has 8 nitrogen and oxygen atoms in total. The number of hydrogen-bond donors (Lipinski definition) is 3. The molecule has 0 bridgehead atoms. The minimum Gasteiger partial charge on any atom is -0.501 e. The first-order chi connectivity index (χ1) is 15.6. The Morgan fingerprint density at radius 3 is 2.58 bits per heavy atom. The van der Waals surface area contributed by atoms with Gasteiger partial charge in [0.2, 0.25) is 12.5 Å². The average molecular weight is 465 g/mol. The van der Waals surface area contributed by atoms with Crippen molar-refractivity contribution in [2.75, 3.05) is 6.79 Å². The Hall–Kier alpha value is -4.09. The first-order valence-electron chi connectivity index (χ1n) is 9.43. The monoisotopic (exact) mass is 465 g/mol. The van der Waals surface area contributed by atoms with Crippen molar-refractivity contribution in [2.24, 2.45) is 0 Å². The number of alkyl halides is 3. The molecule has 0 aliphatic carbocycles. The van der Waals surface area contributed by atoms with Crippen molar-refractivity contribution >= 4 is 5.91 Å². The summed E-state index contributed by atoms with van der Waals surface area (Å²) < 4.78 is 63.2. The Bertz CT molecular complexity index is 1230. The van der Waals surface area contributed by atoms with Gasteiger partial charge in [0.1, 0.15) is 11.6 Å². The lowest BCUT2D eigenvalue weighted by Crippen LogP contribution is -2.26. The van der Waals surface area contributed by atoms with Crippen molar-refractivity contribution in [3.8, 4) is 23.1 Å². The molecule has 1 aliphatic heterocycles. The Kier molecular flexibility index (Phi) is 5.66. The Morgan fingerprint density at radius 2 is 1.82 bits per heavy atom. The van der Waals surface area contributed by atoms with Crippen LogP contribution in [0.15, 0.2) is 36.4 Å². The van der Waals surface area contributed by atoms with Gasteiger partial charge in [-0.15, -0.1) is 0 Å². The van der Waals surface area contributed by atoms with Crippen LogP contribution in [-0.4, -0.2) is 32.9 Å². The third-order valence-electron chi connectivity index (χ3n) is 4.74. The van der Waals surface area contributed by atoms with Crippen LogP contribution in [0.4, 0.5) is 17.6 Å². The van der Waals surface area contributed by atoms with Crippen LogP contribution in [-0.2, 0) is 19.1 Å². The molecule has 172 valence electrons. The first-order valence-corrected chi connectivity index (χ1v) is 9.43. The molecule has 0 saturated carbocycles. The number of amides is 1. The minimum atomic E-state index is -4.84. The predicted octanol–water partition coefficient (Wildman–Crippen LogP) is 3.30. The molecule has 33 heavy (non-hydrogen) atoms. The SMILES string of the molecule is O=C(NCc1ccc(F)cc1C(F)(F)F)c1nc(Cc2ccc3c(c2)OCO3)nc(O)c1O. The van der Waals surface area contributed by atoms with Crippen molar-refractivity contribution in [2.45, 2.75) is 19.1 Å². The van der Waals surface area contributed by atoms with E-state index in [2.05, 4.69) is 15.3 Å². The van der Waals surface area contributed by atoms with Crippen LogP contribution in [0.25, 0.3) is 0 Å². The summed E-state index contributed by atoms with van der Waals surface area (Å²) >= 11 is 0. The average Bonchev–Trinajstić information content (AvgIpc) is 3.22. The van der Waals surface area contributed by atoms with E-state index in [0.29, 0.717) is 23.1 Å². The van der Waals surface area contributed by atoms with Crippen LogP contribution in [0.3, 0.4) is 0 Å². The van der Waals surface area contributed by atoms with Gasteiger partial charge in [-0.3, -0.25) is 4.79 Å². The van der Waals surface area contributed by atoms with Crippen LogP contribution in [0, 0.1) is 5.82 Å². The van der Waals surface area contributed by atoms with E-state index in [0.717, 1.165) is 12.1 Å². The van der Waals surface area contributed by atoms with Crippen LogP contribution in [0.2, 0.25) is 0 Å². The molecular formula is C21H15F4N3O5. The molecule has 0 fully saturated rings. The third-order valence-corrected chi connectivity index (χ3v) is 4.74.